The third-order valence-electron chi connectivity index (χ3n) is 2.29. The number of benzene rings is 1. The monoisotopic (exact) mass is 186 g/mol. The lowest BCUT2D eigenvalue weighted by Crippen LogP contribution is -1.96. The van der Waals surface area contributed by atoms with Crippen LogP contribution in [0.1, 0.15) is 6.92 Å². The number of allylic oxidation sites excluding steroid dienone is 1. The van der Waals surface area contributed by atoms with Gasteiger partial charge in [0.05, 0.1) is 5.52 Å². The molecule has 0 amide bonds. The van der Waals surface area contributed by atoms with E-state index >= 15 is 0 Å². The number of nitrogen functional groups attached to an aromatic ring is 1. The minimum atomic E-state index is 0.836. The smallest absolute Gasteiger partial charge is 0.0504 e. The van der Waals surface area contributed by atoms with Crippen LogP contribution in [0.4, 0.5) is 5.69 Å². The van der Waals surface area contributed by atoms with Crippen molar-refractivity contribution in [3.8, 4) is 0 Å². The number of nitrogens with two attached hydrogens (primary N) is 1. The topological polar surface area (TPSA) is 30.9 Å². The highest BCUT2D eigenvalue weighted by atomic mass is 15.0. The second-order valence-electron chi connectivity index (χ2n) is 3.68. The van der Waals surface area contributed by atoms with E-state index in [4.69, 9.17) is 5.73 Å². The molecule has 0 fully saturated rings. The van der Waals surface area contributed by atoms with Gasteiger partial charge in [0.2, 0.25) is 0 Å². The number of nitrogens with zero attached hydrogens (tertiary/aromatic N) is 1. The Bertz CT molecular complexity index is 480. The molecule has 0 atom stereocenters. The number of aromatic nitrogens is 1. The fourth-order valence-electron chi connectivity index (χ4n) is 1.68. The largest absolute Gasteiger partial charge is 0.398 e. The van der Waals surface area contributed by atoms with Gasteiger partial charge in [0.1, 0.15) is 0 Å². The summed E-state index contributed by atoms with van der Waals surface area (Å²) >= 11 is 0. The average Bonchev–Trinajstić information content (AvgIpc) is 2.49. The molecule has 2 N–H and O–H groups in total. The normalized spacial score (nSPS) is 10.6. The van der Waals surface area contributed by atoms with Gasteiger partial charge in [-0.15, -0.1) is 0 Å². The highest BCUT2D eigenvalue weighted by molar-refractivity contribution is 5.91. The summed E-state index contributed by atoms with van der Waals surface area (Å²) in [7, 11) is 0. The van der Waals surface area contributed by atoms with E-state index in [0.29, 0.717) is 0 Å². The van der Waals surface area contributed by atoms with Crippen molar-refractivity contribution in [1.29, 1.82) is 0 Å². The second-order valence-corrected chi connectivity index (χ2v) is 3.68. The van der Waals surface area contributed by atoms with Crippen LogP contribution in [0.25, 0.3) is 10.9 Å². The lowest BCUT2D eigenvalue weighted by atomic mass is 10.2. The van der Waals surface area contributed by atoms with Gasteiger partial charge in [0.25, 0.3) is 0 Å². The fraction of sp³-hybridized carbons (Fsp3) is 0.167. The Balaban J connectivity index is 2.58. The molecule has 0 unspecified atom stereocenters. The van der Waals surface area contributed by atoms with Gasteiger partial charge in [-0.2, -0.15) is 0 Å². The van der Waals surface area contributed by atoms with Crippen LogP contribution < -0.4 is 5.73 Å². The first-order valence-electron chi connectivity index (χ1n) is 4.66. The van der Waals surface area contributed by atoms with Crippen LogP contribution in [0.5, 0.6) is 0 Å². The maximum absolute atomic E-state index is 5.86. The summed E-state index contributed by atoms with van der Waals surface area (Å²) in [5, 5.41) is 1.12. The highest BCUT2D eigenvalue weighted by Crippen LogP contribution is 2.22. The van der Waals surface area contributed by atoms with E-state index < -0.39 is 0 Å². The SMILES string of the molecule is C=C(C)Cn1ccc2c(N)cccc21. The summed E-state index contributed by atoms with van der Waals surface area (Å²) in [6.45, 7) is 6.79. The molecule has 0 radical (unpaired) electrons. The maximum Gasteiger partial charge on any atom is 0.0504 e. The Kier molecular flexibility index (Phi) is 2.04. The maximum atomic E-state index is 5.86. The van der Waals surface area contributed by atoms with Gasteiger partial charge >= 0.3 is 0 Å². The Morgan fingerprint density at radius 3 is 2.93 bits per heavy atom. The number of rotatable bonds is 2. The first-order valence-corrected chi connectivity index (χ1v) is 4.66. The lowest BCUT2D eigenvalue weighted by molar-refractivity contribution is 0.822. The van der Waals surface area contributed by atoms with Gasteiger partial charge in [-0.25, -0.2) is 0 Å². The lowest BCUT2D eigenvalue weighted by Gasteiger charge is -2.04. The van der Waals surface area contributed by atoms with E-state index in [1.807, 2.05) is 25.1 Å². The molecule has 0 spiro atoms. The number of hydrogen-bond donors (Lipinski definition) is 1. The molecule has 2 heteroatoms. The summed E-state index contributed by atoms with van der Waals surface area (Å²) in [6, 6.07) is 8.03. The minimum absolute atomic E-state index is 0.836. The van der Waals surface area contributed by atoms with E-state index in [-0.39, 0.29) is 0 Å². The summed E-state index contributed by atoms with van der Waals surface area (Å²) in [6.07, 6.45) is 2.05. The van der Waals surface area contributed by atoms with Crippen LogP contribution in [0.2, 0.25) is 0 Å². The van der Waals surface area contributed by atoms with Crippen LogP contribution in [0, 0.1) is 0 Å². The van der Waals surface area contributed by atoms with Gasteiger partial charge < -0.3 is 10.3 Å². The molecule has 0 saturated heterocycles. The molecule has 1 aromatic heterocycles. The van der Waals surface area contributed by atoms with Crippen molar-refractivity contribution in [2.45, 2.75) is 13.5 Å². The summed E-state index contributed by atoms with van der Waals surface area (Å²) in [5.74, 6) is 0. The number of hydrogen-bond acceptors (Lipinski definition) is 1. The number of fused-ring (bicyclic) bond motifs is 1. The quantitative estimate of drug-likeness (QED) is 0.567. The molecule has 2 aromatic rings. The van der Waals surface area contributed by atoms with E-state index in [0.717, 1.165) is 23.2 Å². The second kappa shape index (κ2) is 3.22. The predicted molar refractivity (Wildman–Crippen MR) is 61.2 cm³/mol. The molecule has 72 valence electrons. The zero-order valence-corrected chi connectivity index (χ0v) is 8.33. The van der Waals surface area contributed by atoms with Crippen molar-refractivity contribution < 1.29 is 0 Å². The van der Waals surface area contributed by atoms with Gasteiger partial charge in [-0.1, -0.05) is 18.2 Å². The fourth-order valence-corrected chi connectivity index (χ4v) is 1.68. The van der Waals surface area contributed by atoms with Crippen LogP contribution in [-0.2, 0) is 6.54 Å². The zero-order chi connectivity index (χ0) is 10.1. The number of anilines is 1. The van der Waals surface area contributed by atoms with Crippen molar-refractivity contribution in [2.75, 3.05) is 5.73 Å². The van der Waals surface area contributed by atoms with Gasteiger partial charge in [0, 0.05) is 23.8 Å². The standard InChI is InChI=1S/C12H14N2/c1-9(2)8-14-7-6-10-11(13)4-3-5-12(10)14/h3-7H,1,8,13H2,2H3. The molecule has 0 aliphatic carbocycles. The van der Waals surface area contributed by atoms with Gasteiger partial charge in [0.15, 0.2) is 0 Å². The Morgan fingerprint density at radius 1 is 1.43 bits per heavy atom. The molecule has 0 aliphatic heterocycles. The molecule has 1 heterocycles. The first kappa shape index (κ1) is 8.88. The third kappa shape index (κ3) is 1.39. The molecule has 14 heavy (non-hydrogen) atoms. The van der Waals surface area contributed by atoms with Crippen LogP contribution in [0.3, 0.4) is 0 Å². The molecule has 0 aliphatic rings. The third-order valence-corrected chi connectivity index (χ3v) is 2.29. The molecule has 0 saturated carbocycles. The van der Waals surface area contributed by atoms with E-state index in [9.17, 15) is 0 Å². The molecule has 1 aromatic carbocycles. The van der Waals surface area contributed by atoms with Crippen LogP contribution in [-0.4, -0.2) is 4.57 Å². The van der Waals surface area contributed by atoms with E-state index in [1.54, 1.807) is 0 Å². The molecule has 2 nitrogen and oxygen atoms in total. The van der Waals surface area contributed by atoms with Crippen molar-refractivity contribution in [3.63, 3.8) is 0 Å². The van der Waals surface area contributed by atoms with Gasteiger partial charge in [-0.05, 0) is 25.1 Å². The van der Waals surface area contributed by atoms with Crippen molar-refractivity contribution in [2.24, 2.45) is 0 Å². The summed E-state index contributed by atoms with van der Waals surface area (Å²) in [5.41, 5.74) is 9.02. The van der Waals surface area contributed by atoms with Crippen molar-refractivity contribution in [1.82, 2.24) is 4.57 Å². The van der Waals surface area contributed by atoms with Crippen molar-refractivity contribution in [3.05, 3.63) is 42.6 Å². The van der Waals surface area contributed by atoms with E-state index in [1.165, 1.54) is 5.52 Å². The van der Waals surface area contributed by atoms with E-state index in [2.05, 4.69) is 23.4 Å². The van der Waals surface area contributed by atoms with Crippen LogP contribution in [0.15, 0.2) is 42.6 Å². The summed E-state index contributed by atoms with van der Waals surface area (Å²) in [4.78, 5) is 0. The van der Waals surface area contributed by atoms with Gasteiger partial charge in [-0.3, -0.25) is 0 Å². The molecular weight excluding hydrogens is 172 g/mol. The first-order chi connectivity index (χ1) is 6.68. The molecule has 0 bridgehead atoms. The van der Waals surface area contributed by atoms with Crippen LogP contribution >= 0.6 is 0 Å². The highest BCUT2D eigenvalue weighted by Gasteiger charge is 2.02. The Labute approximate surface area is 83.6 Å². The van der Waals surface area contributed by atoms with Crippen molar-refractivity contribution >= 4 is 16.6 Å². The summed E-state index contributed by atoms with van der Waals surface area (Å²) < 4.78 is 2.16. The predicted octanol–water partition coefficient (Wildman–Crippen LogP) is 2.80. The average molecular weight is 186 g/mol. The minimum Gasteiger partial charge on any atom is -0.398 e. The Morgan fingerprint density at radius 2 is 2.21 bits per heavy atom. The molecule has 2 rings (SSSR count). The Hall–Kier alpha value is -1.70. The zero-order valence-electron chi connectivity index (χ0n) is 8.33. The molecular formula is C12H14N2.